The van der Waals surface area contributed by atoms with Crippen LogP contribution in [0.4, 0.5) is 0 Å². The first-order valence-electron chi connectivity index (χ1n) is 10.4. The lowest BCUT2D eigenvalue weighted by Crippen LogP contribution is -2.51. The van der Waals surface area contributed by atoms with Crippen LogP contribution in [-0.4, -0.2) is 46.2 Å². The SMILES string of the molecule is CC(C)C(=O)N1CCC2(CC1)CC(Cc1nc(-c3ccccc3)no1)CCO2. The normalized spacial score (nSPS) is 22.0. The van der Waals surface area contributed by atoms with Crippen molar-refractivity contribution in [3.05, 3.63) is 36.2 Å². The molecule has 0 bridgehead atoms. The fourth-order valence-electron chi connectivity index (χ4n) is 4.44. The van der Waals surface area contributed by atoms with Gasteiger partial charge in [0.1, 0.15) is 0 Å². The molecular weight excluding hydrogens is 354 g/mol. The Hall–Kier alpha value is -2.21. The van der Waals surface area contributed by atoms with Crippen molar-refractivity contribution in [3.63, 3.8) is 0 Å². The zero-order chi connectivity index (χ0) is 19.6. The Balaban J connectivity index is 1.36. The van der Waals surface area contributed by atoms with E-state index in [0.29, 0.717) is 17.6 Å². The van der Waals surface area contributed by atoms with Gasteiger partial charge in [-0.05, 0) is 31.6 Å². The van der Waals surface area contributed by atoms with Crippen LogP contribution >= 0.6 is 0 Å². The summed E-state index contributed by atoms with van der Waals surface area (Å²) in [6, 6.07) is 9.91. The molecule has 1 amide bonds. The van der Waals surface area contributed by atoms with Crippen molar-refractivity contribution < 1.29 is 14.1 Å². The summed E-state index contributed by atoms with van der Waals surface area (Å²) in [5, 5.41) is 4.14. The molecule has 1 spiro atoms. The number of piperidine rings is 1. The molecule has 2 aliphatic heterocycles. The van der Waals surface area contributed by atoms with Gasteiger partial charge in [-0.15, -0.1) is 0 Å². The summed E-state index contributed by atoms with van der Waals surface area (Å²) < 4.78 is 11.8. The number of rotatable bonds is 4. The second-order valence-electron chi connectivity index (χ2n) is 8.45. The maximum absolute atomic E-state index is 12.3. The number of likely N-dealkylation sites (tertiary alicyclic amines) is 1. The second kappa shape index (κ2) is 8.03. The van der Waals surface area contributed by atoms with Crippen LogP contribution in [0, 0.1) is 11.8 Å². The van der Waals surface area contributed by atoms with E-state index in [1.165, 1.54) is 0 Å². The van der Waals surface area contributed by atoms with E-state index >= 15 is 0 Å². The lowest BCUT2D eigenvalue weighted by Gasteiger charge is -2.46. The lowest BCUT2D eigenvalue weighted by atomic mass is 9.78. The van der Waals surface area contributed by atoms with E-state index in [1.807, 2.05) is 49.1 Å². The van der Waals surface area contributed by atoms with Crippen LogP contribution in [0.2, 0.25) is 0 Å². The number of hydrogen-bond acceptors (Lipinski definition) is 5. The topological polar surface area (TPSA) is 68.5 Å². The monoisotopic (exact) mass is 383 g/mol. The zero-order valence-corrected chi connectivity index (χ0v) is 16.8. The highest BCUT2D eigenvalue weighted by molar-refractivity contribution is 5.78. The standard InChI is InChI=1S/C22H29N3O3/c1-16(2)21(26)25-11-9-22(10-12-25)15-17(8-13-27-22)14-19-23-20(24-28-19)18-6-4-3-5-7-18/h3-7,16-17H,8-15H2,1-2H3. The van der Waals surface area contributed by atoms with Crippen LogP contribution in [0.1, 0.15) is 45.4 Å². The highest BCUT2D eigenvalue weighted by Gasteiger charge is 2.41. The Morgan fingerprint density at radius 2 is 2.00 bits per heavy atom. The van der Waals surface area contributed by atoms with Crippen LogP contribution in [0.15, 0.2) is 34.9 Å². The Bertz CT molecular complexity index is 794. The molecule has 150 valence electrons. The van der Waals surface area contributed by atoms with E-state index in [4.69, 9.17) is 9.26 Å². The third-order valence-electron chi connectivity index (χ3n) is 6.04. The van der Waals surface area contributed by atoms with Crippen molar-refractivity contribution in [1.82, 2.24) is 15.0 Å². The first-order chi connectivity index (χ1) is 13.5. The summed E-state index contributed by atoms with van der Waals surface area (Å²) in [5.41, 5.74) is 0.877. The smallest absolute Gasteiger partial charge is 0.227 e. The first-order valence-corrected chi connectivity index (χ1v) is 10.4. The molecule has 0 saturated carbocycles. The highest BCUT2D eigenvalue weighted by atomic mass is 16.5. The van der Waals surface area contributed by atoms with E-state index in [2.05, 4.69) is 10.1 Å². The summed E-state index contributed by atoms with van der Waals surface area (Å²) in [5.74, 6) is 2.14. The number of ether oxygens (including phenoxy) is 1. The Labute approximate surface area is 166 Å². The fraction of sp³-hybridized carbons (Fsp3) is 0.591. The minimum atomic E-state index is -0.0983. The fourth-order valence-corrected chi connectivity index (χ4v) is 4.44. The summed E-state index contributed by atoms with van der Waals surface area (Å²) >= 11 is 0. The molecule has 4 rings (SSSR count). The van der Waals surface area contributed by atoms with Gasteiger partial charge >= 0.3 is 0 Å². The van der Waals surface area contributed by atoms with E-state index in [-0.39, 0.29) is 17.4 Å². The molecule has 1 unspecified atom stereocenters. The van der Waals surface area contributed by atoms with Gasteiger partial charge in [0.2, 0.25) is 17.6 Å². The van der Waals surface area contributed by atoms with Crippen molar-refractivity contribution in [3.8, 4) is 11.4 Å². The molecule has 3 heterocycles. The molecule has 0 N–H and O–H groups in total. The molecule has 2 aliphatic rings. The quantitative estimate of drug-likeness (QED) is 0.805. The van der Waals surface area contributed by atoms with Crippen molar-refractivity contribution in [1.29, 1.82) is 0 Å². The minimum absolute atomic E-state index is 0.0606. The summed E-state index contributed by atoms with van der Waals surface area (Å²) in [6.45, 7) is 6.29. The number of nitrogens with zero attached hydrogens (tertiary/aromatic N) is 3. The third-order valence-corrected chi connectivity index (χ3v) is 6.04. The molecule has 2 saturated heterocycles. The predicted octanol–water partition coefficient (Wildman–Crippen LogP) is 3.72. The average molecular weight is 383 g/mol. The van der Waals surface area contributed by atoms with Crippen LogP contribution < -0.4 is 0 Å². The van der Waals surface area contributed by atoms with Gasteiger partial charge in [-0.25, -0.2) is 0 Å². The van der Waals surface area contributed by atoms with Gasteiger partial charge < -0.3 is 14.2 Å². The van der Waals surface area contributed by atoms with Crippen LogP contribution in [0.25, 0.3) is 11.4 Å². The van der Waals surface area contributed by atoms with Gasteiger partial charge in [0.15, 0.2) is 0 Å². The Kier molecular flexibility index (Phi) is 5.49. The van der Waals surface area contributed by atoms with E-state index in [9.17, 15) is 4.79 Å². The molecule has 1 aromatic carbocycles. The van der Waals surface area contributed by atoms with E-state index < -0.39 is 0 Å². The molecule has 6 heteroatoms. The third kappa shape index (κ3) is 4.12. The van der Waals surface area contributed by atoms with Crippen LogP contribution in [0.5, 0.6) is 0 Å². The average Bonchev–Trinajstić information content (AvgIpc) is 3.17. The molecule has 2 aromatic rings. The van der Waals surface area contributed by atoms with E-state index in [1.54, 1.807) is 0 Å². The molecule has 0 aliphatic carbocycles. The van der Waals surface area contributed by atoms with Gasteiger partial charge in [0, 0.05) is 37.6 Å². The largest absolute Gasteiger partial charge is 0.375 e. The summed E-state index contributed by atoms with van der Waals surface area (Å²) in [7, 11) is 0. The van der Waals surface area contributed by atoms with Crippen LogP contribution in [-0.2, 0) is 16.0 Å². The van der Waals surface area contributed by atoms with Gasteiger partial charge in [-0.1, -0.05) is 49.3 Å². The number of aromatic nitrogens is 2. The van der Waals surface area contributed by atoms with Crippen molar-refractivity contribution in [2.24, 2.45) is 11.8 Å². The number of hydrogen-bond donors (Lipinski definition) is 0. The van der Waals surface area contributed by atoms with E-state index in [0.717, 1.165) is 57.4 Å². The number of amides is 1. The molecule has 2 fully saturated rings. The number of benzene rings is 1. The maximum Gasteiger partial charge on any atom is 0.227 e. The van der Waals surface area contributed by atoms with Gasteiger partial charge in [-0.3, -0.25) is 4.79 Å². The van der Waals surface area contributed by atoms with Gasteiger partial charge in [0.05, 0.1) is 5.60 Å². The second-order valence-corrected chi connectivity index (χ2v) is 8.45. The first kappa shape index (κ1) is 19.1. The molecular formula is C22H29N3O3. The Morgan fingerprint density at radius 3 is 2.71 bits per heavy atom. The van der Waals surface area contributed by atoms with Crippen molar-refractivity contribution in [2.75, 3.05) is 19.7 Å². The maximum atomic E-state index is 12.3. The van der Waals surface area contributed by atoms with Crippen LogP contribution in [0.3, 0.4) is 0 Å². The number of carbonyl (C=O) groups is 1. The Morgan fingerprint density at radius 1 is 1.25 bits per heavy atom. The van der Waals surface area contributed by atoms with Crippen molar-refractivity contribution in [2.45, 2.75) is 51.6 Å². The summed E-state index contributed by atoms with van der Waals surface area (Å²) in [6.07, 6.45) is 4.64. The van der Waals surface area contributed by atoms with Gasteiger partial charge in [-0.2, -0.15) is 4.98 Å². The summed E-state index contributed by atoms with van der Waals surface area (Å²) in [4.78, 5) is 18.8. The minimum Gasteiger partial charge on any atom is -0.375 e. The molecule has 6 nitrogen and oxygen atoms in total. The lowest BCUT2D eigenvalue weighted by molar-refractivity contribution is -0.149. The van der Waals surface area contributed by atoms with Gasteiger partial charge in [0.25, 0.3) is 0 Å². The zero-order valence-electron chi connectivity index (χ0n) is 16.8. The molecule has 1 aromatic heterocycles. The molecule has 28 heavy (non-hydrogen) atoms. The molecule has 0 radical (unpaired) electrons. The highest BCUT2D eigenvalue weighted by Crippen LogP contribution is 2.39. The number of carbonyl (C=O) groups excluding carboxylic acids is 1. The van der Waals surface area contributed by atoms with Crippen molar-refractivity contribution >= 4 is 5.91 Å². The predicted molar refractivity (Wildman–Crippen MR) is 105 cm³/mol. The molecule has 1 atom stereocenters.